The summed E-state index contributed by atoms with van der Waals surface area (Å²) in [6.45, 7) is 0. The van der Waals surface area contributed by atoms with Crippen LogP contribution in [0.4, 0.5) is 5.13 Å². The van der Waals surface area contributed by atoms with Gasteiger partial charge in [0.2, 0.25) is 15.2 Å². The summed E-state index contributed by atoms with van der Waals surface area (Å²) in [5.74, 6) is 0. The molecule has 1 aliphatic rings. The highest BCUT2D eigenvalue weighted by Gasteiger charge is 2.38. The van der Waals surface area contributed by atoms with E-state index in [-0.39, 0.29) is 10.1 Å². The Hall–Kier alpha value is -2.17. The average molecular weight is 475 g/mol. The summed E-state index contributed by atoms with van der Waals surface area (Å²) in [6.07, 6.45) is 0. The molecule has 1 aromatic heterocycles. The summed E-state index contributed by atoms with van der Waals surface area (Å²) in [7, 11) is -3.77. The van der Waals surface area contributed by atoms with E-state index < -0.39 is 16.1 Å². The SMILES string of the molecule is Nc1nnc(S[C@H]2c3cccc4cccc(c34)[C@@H]2NS(=O)(=O)c2ccc(Cl)cc2)s1. The zero-order valence-electron chi connectivity index (χ0n) is 15.3. The third kappa shape index (κ3) is 3.46. The number of nitrogens with one attached hydrogen (secondary N) is 1. The second-order valence-electron chi connectivity index (χ2n) is 6.79. The molecule has 0 saturated carbocycles. The van der Waals surface area contributed by atoms with Crippen molar-refractivity contribution in [3.63, 3.8) is 0 Å². The number of aromatic nitrogens is 2. The summed E-state index contributed by atoms with van der Waals surface area (Å²) in [4.78, 5) is 0.166. The molecule has 5 rings (SSSR count). The van der Waals surface area contributed by atoms with E-state index in [1.165, 1.54) is 35.2 Å². The Labute approximate surface area is 186 Å². The Morgan fingerprint density at radius 1 is 1.00 bits per heavy atom. The Balaban J connectivity index is 1.59. The van der Waals surface area contributed by atoms with Gasteiger partial charge >= 0.3 is 0 Å². The highest BCUT2D eigenvalue weighted by Crippen LogP contribution is 2.53. The lowest BCUT2D eigenvalue weighted by molar-refractivity contribution is 0.557. The second kappa shape index (κ2) is 7.51. The maximum absolute atomic E-state index is 13.2. The summed E-state index contributed by atoms with van der Waals surface area (Å²) in [6, 6.07) is 17.7. The molecular weight excluding hydrogens is 460 g/mol. The van der Waals surface area contributed by atoms with Crippen LogP contribution in [0.5, 0.6) is 0 Å². The number of anilines is 1. The number of hydrogen-bond acceptors (Lipinski definition) is 7. The van der Waals surface area contributed by atoms with Crippen LogP contribution in [0.25, 0.3) is 10.8 Å². The van der Waals surface area contributed by atoms with Crippen molar-refractivity contribution in [1.29, 1.82) is 0 Å². The molecule has 4 aromatic rings. The zero-order valence-corrected chi connectivity index (χ0v) is 18.5. The molecule has 0 unspecified atom stereocenters. The number of nitrogens with two attached hydrogens (primary N) is 1. The summed E-state index contributed by atoms with van der Waals surface area (Å²) in [5, 5.41) is 10.8. The molecular formula is C20H15ClN4O2S3. The number of hydrogen-bond donors (Lipinski definition) is 2. The Morgan fingerprint density at radius 3 is 2.37 bits per heavy atom. The van der Waals surface area contributed by atoms with Gasteiger partial charge in [-0.2, -0.15) is 0 Å². The minimum Gasteiger partial charge on any atom is -0.374 e. The van der Waals surface area contributed by atoms with Gasteiger partial charge in [0, 0.05) is 5.02 Å². The number of nitrogens with zero attached hydrogens (tertiary/aromatic N) is 2. The number of benzene rings is 3. The number of thioether (sulfide) groups is 1. The molecule has 1 heterocycles. The molecule has 0 amide bonds. The van der Waals surface area contributed by atoms with Crippen molar-refractivity contribution in [2.75, 3.05) is 5.73 Å². The molecule has 2 atom stereocenters. The molecule has 152 valence electrons. The van der Waals surface area contributed by atoms with Crippen molar-refractivity contribution >= 4 is 60.6 Å². The highest BCUT2D eigenvalue weighted by molar-refractivity contribution is 8.01. The first-order valence-corrected chi connectivity index (χ1v) is 12.5. The molecule has 10 heteroatoms. The monoisotopic (exact) mass is 474 g/mol. The molecule has 0 aliphatic heterocycles. The molecule has 0 radical (unpaired) electrons. The van der Waals surface area contributed by atoms with Gasteiger partial charge in [0.05, 0.1) is 16.2 Å². The first-order chi connectivity index (χ1) is 14.4. The van der Waals surface area contributed by atoms with E-state index in [4.69, 9.17) is 17.3 Å². The molecule has 0 fully saturated rings. The Bertz CT molecular complexity index is 1350. The zero-order chi connectivity index (χ0) is 20.9. The molecule has 3 N–H and O–H groups in total. The maximum Gasteiger partial charge on any atom is 0.241 e. The van der Waals surface area contributed by atoms with Crippen LogP contribution in [0.2, 0.25) is 5.02 Å². The molecule has 3 aromatic carbocycles. The minimum atomic E-state index is -3.77. The van der Waals surface area contributed by atoms with Crippen LogP contribution in [-0.2, 0) is 10.0 Å². The van der Waals surface area contributed by atoms with Gasteiger partial charge in [-0.3, -0.25) is 0 Å². The van der Waals surface area contributed by atoms with Crippen LogP contribution in [-0.4, -0.2) is 18.6 Å². The van der Waals surface area contributed by atoms with E-state index in [0.29, 0.717) is 14.5 Å². The van der Waals surface area contributed by atoms with Gasteiger partial charge in [0.25, 0.3) is 0 Å². The maximum atomic E-state index is 13.2. The van der Waals surface area contributed by atoms with Crippen molar-refractivity contribution in [3.8, 4) is 0 Å². The lowest BCUT2D eigenvalue weighted by Crippen LogP contribution is -2.29. The lowest BCUT2D eigenvalue weighted by atomic mass is 10.1. The quantitative estimate of drug-likeness (QED) is 0.431. The number of nitrogen functional groups attached to an aromatic ring is 1. The third-order valence-electron chi connectivity index (χ3n) is 4.97. The Morgan fingerprint density at radius 2 is 1.70 bits per heavy atom. The first kappa shape index (κ1) is 19.8. The first-order valence-electron chi connectivity index (χ1n) is 8.97. The van der Waals surface area contributed by atoms with E-state index in [9.17, 15) is 8.42 Å². The van der Waals surface area contributed by atoms with E-state index in [0.717, 1.165) is 21.9 Å². The third-order valence-corrected chi connectivity index (χ3v) is 8.83. The minimum absolute atomic E-state index is 0.166. The fourth-order valence-electron chi connectivity index (χ4n) is 3.72. The standard InChI is InChI=1S/C20H15ClN4O2S3/c21-12-7-9-13(10-8-12)30(26,27)25-17-14-5-1-3-11-4-2-6-15(16(11)14)18(17)28-20-24-23-19(22)29-20/h1-10,17-18,25H,(H2,22,23)/t17-,18-/m0/s1. The molecule has 0 saturated heterocycles. The number of halogens is 1. The molecule has 6 nitrogen and oxygen atoms in total. The molecule has 0 spiro atoms. The normalized spacial score (nSPS) is 18.2. The lowest BCUT2D eigenvalue weighted by Gasteiger charge is -2.22. The van der Waals surface area contributed by atoms with Gasteiger partial charge in [0.1, 0.15) is 0 Å². The molecule has 30 heavy (non-hydrogen) atoms. The van der Waals surface area contributed by atoms with Crippen molar-refractivity contribution in [2.45, 2.75) is 20.5 Å². The van der Waals surface area contributed by atoms with Gasteiger partial charge in [0.15, 0.2) is 4.34 Å². The van der Waals surface area contributed by atoms with Gasteiger partial charge < -0.3 is 5.73 Å². The molecule has 0 bridgehead atoms. The summed E-state index contributed by atoms with van der Waals surface area (Å²) >= 11 is 8.67. The van der Waals surface area contributed by atoms with E-state index in [1.807, 2.05) is 36.4 Å². The van der Waals surface area contributed by atoms with Gasteiger partial charge in [-0.15, -0.1) is 10.2 Å². The smallest absolute Gasteiger partial charge is 0.241 e. The van der Waals surface area contributed by atoms with Crippen molar-refractivity contribution in [1.82, 2.24) is 14.9 Å². The van der Waals surface area contributed by atoms with Gasteiger partial charge in [-0.05, 0) is 46.2 Å². The molecule has 1 aliphatic carbocycles. The number of rotatable bonds is 5. The largest absolute Gasteiger partial charge is 0.374 e. The van der Waals surface area contributed by atoms with Gasteiger partial charge in [-0.25, -0.2) is 13.1 Å². The van der Waals surface area contributed by atoms with Crippen LogP contribution in [0.1, 0.15) is 22.4 Å². The fourth-order valence-corrected chi connectivity index (χ4v) is 7.24. The highest BCUT2D eigenvalue weighted by atomic mass is 35.5. The van der Waals surface area contributed by atoms with E-state index in [1.54, 1.807) is 12.1 Å². The summed E-state index contributed by atoms with van der Waals surface area (Å²) < 4.78 is 29.9. The predicted molar refractivity (Wildman–Crippen MR) is 121 cm³/mol. The van der Waals surface area contributed by atoms with Crippen LogP contribution in [0.15, 0.2) is 69.9 Å². The van der Waals surface area contributed by atoms with Crippen molar-refractivity contribution in [3.05, 3.63) is 76.8 Å². The van der Waals surface area contributed by atoms with Crippen LogP contribution < -0.4 is 10.5 Å². The van der Waals surface area contributed by atoms with Crippen LogP contribution in [0, 0.1) is 0 Å². The van der Waals surface area contributed by atoms with Gasteiger partial charge in [-0.1, -0.05) is 71.1 Å². The average Bonchev–Trinajstić information content (AvgIpc) is 3.26. The summed E-state index contributed by atoms with van der Waals surface area (Å²) in [5.41, 5.74) is 7.75. The second-order valence-corrected chi connectivity index (χ2v) is 11.3. The number of sulfonamides is 1. The van der Waals surface area contributed by atoms with Crippen molar-refractivity contribution in [2.24, 2.45) is 0 Å². The van der Waals surface area contributed by atoms with Crippen LogP contribution >= 0.6 is 34.7 Å². The Kier molecular flexibility index (Phi) is 4.95. The fraction of sp³-hybridized carbons (Fsp3) is 0.100. The van der Waals surface area contributed by atoms with E-state index in [2.05, 4.69) is 14.9 Å². The van der Waals surface area contributed by atoms with E-state index >= 15 is 0 Å². The topological polar surface area (TPSA) is 98.0 Å². The predicted octanol–water partition coefficient (Wildman–Crippen LogP) is 4.79. The van der Waals surface area contributed by atoms with Crippen molar-refractivity contribution < 1.29 is 8.42 Å². The van der Waals surface area contributed by atoms with Crippen LogP contribution in [0.3, 0.4) is 0 Å².